The van der Waals surface area contributed by atoms with E-state index in [1.54, 1.807) is 6.33 Å². The molecule has 0 spiro atoms. The number of aromatic nitrogens is 3. The highest BCUT2D eigenvalue weighted by Gasteiger charge is 2.28. The Hall–Kier alpha value is -2.42. The number of hydrogen-bond donors (Lipinski definition) is 2. The number of anilines is 2. The van der Waals surface area contributed by atoms with Crippen LogP contribution in [0.2, 0.25) is 0 Å². The summed E-state index contributed by atoms with van der Waals surface area (Å²) in [5, 5.41) is 7.99. The normalized spacial score (nSPS) is 22.4. The minimum atomic E-state index is 0.463. The van der Waals surface area contributed by atoms with Crippen LogP contribution in [-0.2, 0) is 0 Å². The second-order valence-electron chi connectivity index (χ2n) is 8.96. The number of nitrogens with zero attached hydrogens (tertiary/aromatic N) is 5. The maximum Gasteiger partial charge on any atom is 0.137 e. The maximum atomic E-state index is 4.63. The fourth-order valence-corrected chi connectivity index (χ4v) is 5.64. The van der Waals surface area contributed by atoms with E-state index >= 15 is 0 Å². The summed E-state index contributed by atoms with van der Waals surface area (Å²) in [5.74, 6) is 0.941. The smallest absolute Gasteiger partial charge is 0.137 e. The van der Waals surface area contributed by atoms with Crippen LogP contribution in [0.5, 0.6) is 0 Å². The lowest BCUT2D eigenvalue weighted by Crippen LogP contribution is -2.49. The largest absolute Gasteiger partial charge is 0.387 e. The highest BCUT2D eigenvalue weighted by molar-refractivity contribution is 7.96. The van der Waals surface area contributed by atoms with Crippen molar-refractivity contribution in [2.75, 3.05) is 50.1 Å². The summed E-state index contributed by atoms with van der Waals surface area (Å²) in [6, 6.07) is 9.68. The van der Waals surface area contributed by atoms with Gasteiger partial charge >= 0.3 is 0 Å². The number of piperazine rings is 1. The molecule has 5 rings (SSSR count). The van der Waals surface area contributed by atoms with Gasteiger partial charge in [-0.3, -0.25) is 9.88 Å². The summed E-state index contributed by atoms with van der Waals surface area (Å²) in [7, 11) is 1.91. The lowest BCUT2D eigenvalue weighted by Gasteiger charge is -2.41. The molecule has 8 heteroatoms. The molecule has 33 heavy (non-hydrogen) atoms. The van der Waals surface area contributed by atoms with Crippen LogP contribution in [0.15, 0.2) is 43.0 Å². The van der Waals surface area contributed by atoms with Gasteiger partial charge in [0.1, 0.15) is 12.1 Å². The predicted molar refractivity (Wildman–Crippen MR) is 139 cm³/mol. The van der Waals surface area contributed by atoms with E-state index < -0.39 is 0 Å². The zero-order chi connectivity index (χ0) is 22.6. The molecule has 1 aliphatic carbocycles. The van der Waals surface area contributed by atoms with Crippen molar-refractivity contribution in [1.82, 2.24) is 24.2 Å². The number of benzene rings is 1. The Morgan fingerprint density at radius 3 is 2.52 bits per heavy atom. The third-order valence-corrected chi connectivity index (χ3v) is 7.96. The summed E-state index contributed by atoms with van der Waals surface area (Å²) in [5.41, 5.74) is 4.18. The quantitative estimate of drug-likeness (QED) is 0.523. The first-order chi connectivity index (χ1) is 16.2. The van der Waals surface area contributed by atoms with Gasteiger partial charge in [-0.1, -0.05) is 18.0 Å². The second-order valence-corrected chi connectivity index (χ2v) is 9.85. The van der Waals surface area contributed by atoms with Crippen molar-refractivity contribution >= 4 is 34.4 Å². The number of fused-ring (bicyclic) bond motifs is 1. The second kappa shape index (κ2) is 10.2. The van der Waals surface area contributed by atoms with E-state index in [9.17, 15) is 0 Å². The van der Waals surface area contributed by atoms with Crippen LogP contribution in [0.1, 0.15) is 25.7 Å². The van der Waals surface area contributed by atoms with E-state index in [0.29, 0.717) is 6.04 Å². The molecule has 0 radical (unpaired) electrons. The maximum absolute atomic E-state index is 4.63. The van der Waals surface area contributed by atoms with Gasteiger partial charge in [-0.15, -0.1) is 0 Å². The van der Waals surface area contributed by atoms with Crippen molar-refractivity contribution in [2.24, 2.45) is 0 Å². The van der Waals surface area contributed by atoms with Gasteiger partial charge < -0.3 is 10.6 Å². The first kappa shape index (κ1) is 22.4. The molecule has 1 aliphatic heterocycles. The molecule has 1 saturated carbocycles. The number of pyridine rings is 1. The van der Waals surface area contributed by atoms with Crippen molar-refractivity contribution < 1.29 is 0 Å². The van der Waals surface area contributed by atoms with Crippen LogP contribution >= 0.6 is 11.9 Å². The first-order valence-electron chi connectivity index (χ1n) is 11.9. The lowest BCUT2D eigenvalue weighted by atomic mass is 9.89. The van der Waals surface area contributed by atoms with Gasteiger partial charge in [0.25, 0.3) is 0 Å². The molecule has 0 amide bonds. The molecule has 0 bridgehead atoms. The lowest BCUT2D eigenvalue weighted by molar-refractivity contribution is 0.112. The van der Waals surface area contributed by atoms with Crippen LogP contribution in [-0.4, -0.2) is 75.7 Å². The number of hydrogen-bond acceptors (Lipinski definition) is 8. The van der Waals surface area contributed by atoms with Crippen molar-refractivity contribution in [3.63, 3.8) is 0 Å². The fraction of sp³-hybridized carbons (Fsp3) is 0.480. The van der Waals surface area contributed by atoms with Crippen molar-refractivity contribution in [3.8, 4) is 11.1 Å². The molecule has 0 atom stereocenters. The van der Waals surface area contributed by atoms with Crippen LogP contribution < -0.4 is 10.6 Å². The van der Waals surface area contributed by atoms with Gasteiger partial charge in [0.15, 0.2) is 0 Å². The molecule has 2 aliphatic rings. The van der Waals surface area contributed by atoms with Crippen LogP contribution in [0, 0.1) is 0 Å². The van der Waals surface area contributed by atoms with Gasteiger partial charge in [-0.25, -0.2) is 14.3 Å². The summed E-state index contributed by atoms with van der Waals surface area (Å²) in [6.45, 7) is 4.77. The summed E-state index contributed by atoms with van der Waals surface area (Å²) in [4.78, 5) is 16.2. The summed E-state index contributed by atoms with van der Waals surface area (Å²) < 4.78 is 2.48. The Morgan fingerprint density at radius 2 is 1.76 bits per heavy atom. The Bertz CT molecular complexity index is 1080. The Kier molecular flexibility index (Phi) is 6.94. The molecule has 3 heterocycles. The molecule has 7 nitrogen and oxygen atoms in total. The Morgan fingerprint density at radius 1 is 0.939 bits per heavy atom. The third-order valence-electron chi connectivity index (χ3n) is 7.08. The van der Waals surface area contributed by atoms with E-state index in [-0.39, 0.29) is 0 Å². The monoisotopic (exact) mass is 463 g/mol. The van der Waals surface area contributed by atoms with Gasteiger partial charge in [0.05, 0.1) is 11.2 Å². The molecule has 2 aromatic heterocycles. The van der Waals surface area contributed by atoms with Gasteiger partial charge in [-0.2, -0.15) is 0 Å². The molecule has 1 aromatic carbocycles. The van der Waals surface area contributed by atoms with E-state index in [1.165, 1.54) is 51.9 Å². The fourth-order valence-electron chi connectivity index (χ4n) is 5.12. The van der Waals surface area contributed by atoms with E-state index in [0.717, 1.165) is 39.6 Å². The average molecular weight is 464 g/mol. The van der Waals surface area contributed by atoms with Gasteiger partial charge in [0, 0.05) is 68.7 Å². The summed E-state index contributed by atoms with van der Waals surface area (Å²) in [6.07, 6.45) is 12.5. The minimum Gasteiger partial charge on any atom is -0.387 e. The Balaban J connectivity index is 1.27. The molecular formula is C25H33N7S. The predicted octanol–water partition coefficient (Wildman–Crippen LogP) is 4.35. The molecule has 3 aromatic rings. The van der Waals surface area contributed by atoms with E-state index in [1.807, 2.05) is 31.4 Å². The van der Waals surface area contributed by atoms with E-state index in [4.69, 9.17) is 0 Å². The first-order valence-corrected chi connectivity index (χ1v) is 13.1. The van der Waals surface area contributed by atoms with Crippen LogP contribution in [0.4, 0.5) is 11.5 Å². The van der Waals surface area contributed by atoms with Gasteiger partial charge in [-0.05, 0) is 55.7 Å². The van der Waals surface area contributed by atoms with Crippen molar-refractivity contribution in [3.05, 3.63) is 43.0 Å². The highest BCUT2D eigenvalue weighted by atomic mass is 32.2. The molecule has 2 fully saturated rings. The SMILES string of the molecule is CNc1cncc(-c2ccc3ncnc(N[C@H]4CC[C@H](N5CCN(SC)CC5)CC4)c3c2)c1. The van der Waals surface area contributed by atoms with Crippen LogP contribution in [0.3, 0.4) is 0 Å². The Labute approximate surface area is 200 Å². The highest BCUT2D eigenvalue weighted by Crippen LogP contribution is 2.31. The number of rotatable bonds is 6. The standard InChI is InChI=1S/C25H33N7S/c1-26-21-13-19(15-27-16-21)18-3-8-24-23(14-18)25(29-17-28-24)30-20-4-6-22(7-5-20)31-9-11-32(33-2)12-10-31/h3,8,13-17,20,22,26H,4-7,9-12H2,1-2H3,(H,28,29,30)/t20-,22-. The van der Waals surface area contributed by atoms with Gasteiger partial charge in [0.2, 0.25) is 0 Å². The minimum absolute atomic E-state index is 0.463. The van der Waals surface area contributed by atoms with Crippen LogP contribution in [0.25, 0.3) is 22.0 Å². The number of nitrogens with one attached hydrogen (secondary N) is 2. The topological polar surface area (TPSA) is 69.2 Å². The molecule has 1 saturated heterocycles. The van der Waals surface area contributed by atoms with Crippen molar-refractivity contribution in [1.29, 1.82) is 0 Å². The third kappa shape index (κ3) is 5.08. The molecule has 174 valence electrons. The average Bonchev–Trinajstić information content (AvgIpc) is 2.89. The van der Waals surface area contributed by atoms with E-state index in [2.05, 4.69) is 65.3 Å². The molecular weight excluding hydrogens is 430 g/mol. The molecule has 0 unspecified atom stereocenters. The zero-order valence-corrected chi connectivity index (χ0v) is 20.3. The molecule has 2 N–H and O–H groups in total. The zero-order valence-electron chi connectivity index (χ0n) is 19.5. The summed E-state index contributed by atoms with van der Waals surface area (Å²) >= 11 is 1.88. The van der Waals surface area contributed by atoms with Crippen molar-refractivity contribution in [2.45, 2.75) is 37.8 Å².